The van der Waals surface area contributed by atoms with Crippen molar-refractivity contribution in [3.8, 4) is 17.9 Å². The smallest absolute Gasteiger partial charge is 0.263 e. The average molecular weight is 223 g/mol. The van der Waals surface area contributed by atoms with E-state index in [2.05, 4.69) is 32.8 Å². The third-order valence-electron chi connectivity index (χ3n) is 1.12. The standard InChI is InChI=1S/C8H3BrN2O/c9-7-4-6(2-1-3-10)8(12)11-5-7/h4-5H,(H,11,12). The number of aromatic amines is 1. The molecular formula is C8H3BrN2O. The Morgan fingerprint density at radius 1 is 1.58 bits per heavy atom. The van der Waals surface area contributed by atoms with Crippen molar-refractivity contribution in [3.63, 3.8) is 0 Å². The van der Waals surface area contributed by atoms with Gasteiger partial charge in [-0.25, -0.2) is 0 Å². The third-order valence-corrected chi connectivity index (χ3v) is 1.58. The molecule has 1 aromatic rings. The van der Waals surface area contributed by atoms with Crippen LogP contribution in [-0.4, -0.2) is 4.98 Å². The van der Waals surface area contributed by atoms with Crippen LogP contribution in [0, 0.1) is 23.2 Å². The average Bonchev–Trinajstić information content (AvgIpc) is 2.07. The molecule has 1 aromatic heterocycles. The van der Waals surface area contributed by atoms with Crippen molar-refractivity contribution in [3.05, 3.63) is 32.7 Å². The van der Waals surface area contributed by atoms with Gasteiger partial charge in [-0.15, -0.1) is 0 Å². The number of nitriles is 1. The molecule has 0 aliphatic carbocycles. The van der Waals surface area contributed by atoms with Crippen molar-refractivity contribution >= 4 is 15.9 Å². The van der Waals surface area contributed by atoms with E-state index in [1.807, 2.05) is 0 Å². The van der Waals surface area contributed by atoms with Gasteiger partial charge in [0.25, 0.3) is 5.56 Å². The van der Waals surface area contributed by atoms with Crippen LogP contribution in [0.3, 0.4) is 0 Å². The van der Waals surface area contributed by atoms with Crippen LogP contribution in [0.4, 0.5) is 0 Å². The molecule has 1 N–H and O–H groups in total. The molecule has 0 aliphatic rings. The second kappa shape index (κ2) is 3.75. The predicted octanol–water partition coefficient (Wildman–Crippen LogP) is 1.01. The highest BCUT2D eigenvalue weighted by Gasteiger charge is 1.94. The molecule has 0 saturated carbocycles. The zero-order valence-electron chi connectivity index (χ0n) is 5.89. The van der Waals surface area contributed by atoms with Gasteiger partial charge in [0, 0.05) is 16.6 Å². The summed E-state index contributed by atoms with van der Waals surface area (Å²) in [5, 5.41) is 8.14. The van der Waals surface area contributed by atoms with Crippen LogP contribution in [0.2, 0.25) is 0 Å². The van der Waals surface area contributed by atoms with Gasteiger partial charge in [0.05, 0.1) is 5.56 Å². The van der Waals surface area contributed by atoms with E-state index in [-0.39, 0.29) is 11.1 Å². The van der Waals surface area contributed by atoms with E-state index in [0.29, 0.717) is 0 Å². The summed E-state index contributed by atoms with van der Waals surface area (Å²) in [6.45, 7) is 0. The molecule has 1 heterocycles. The van der Waals surface area contributed by atoms with Gasteiger partial charge >= 0.3 is 0 Å². The lowest BCUT2D eigenvalue weighted by Crippen LogP contribution is -2.08. The number of nitrogens with one attached hydrogen (secondary N) is 1. The number of hydrogen-bond donors (Lipinski definition) is 1. The monoisotopic (exact) mass is 222 g/mol. The van der Waals surface area contributed by atoms with Crippen molar-refractivity contribution in [1.82, 2.24) is 4.98 Å². The second-order valence-electron chi connectivity index (χ2n) is 1.92. The fourth-order valence-electron chi connectivity index (χ4n) is 0.645. The first-order chi connectivity index (χ1) is 5.74. The summed E-state index contributed by atoms with van der Waals surface area (Å²) in [5.41, 5.74) is -0.00752. The fraction of sp³-hybridized carbons (Fsp3) is 0. The minimum atomic E-state index is -0.291. The highest BCUT2D eigenvalue weighted by Crippen LogP contribution is 2.05. The van der Waals surface area contributed by atoms with Gasteiger partial charge < -0.3 is 4.98 Å². The van der Waals surface area contributed by atoms with Gasteiger partial charge in [-0.05, 0) is 27.9 Å². The van der Waals surface area contributed by atoms with Crippen LogP contribution >= 0.6 is 15.9 Å². The Hall–Kier alpha value is -1.52. The lowest BCUT2D eigenvalue weighted by Gasteiger charge is -1.89. The van der Waals surface area contributed by atoms with Crippen molar-refractivity contribution in [1.29, 1.82) is 5.26 Å². The minimum absolute atomic E-state index is 0.283. The molecule has 0 aromatic carbocycles. The first-order valence-electron chi connectivity index (χ1n) is 3.02. The Balaban J connectivity index is 3.26. The molecule has 0 amide bonds. The van der Waals surface area contributed by atoms with Gasteiger partial charge in [0.15, 0.2) is 6.07 Å². The van der Waals surface area contributed by atoms with Crippen LogP contribution in [0.15, 0.2) is 21.5 Å². The molecule has 58 valence electrons. The normalized spacial score (nSPS) is 8.00. The molecule has 0 bridgehead atoms. The molecule has 0 fully saturated rings. The van der Waals surface area contributed by atoms with E-state index in [4.69, 9.17) is 5.26 Å². The first-order valence-corrected chi connectivity index (χ1v) is 3.81. The fourth-order valence-corrected chi connectivity index (χ4v) is 0.989. The summed E-state index contributed by atoms with van der Waals surface area (Å²) in [7, 11) is 0. The van der Waals surface area contributed by atoms with Crippen molar-refractivity contribution in [2.24, 2.45) is 0 Å². The number of nitrogens with zero attached hydrogens (tertiary/aromatic N) is 1. The van der Waals surface area contributed by atoms with E-state index in [1.165, 1.54) is 6.20 Å². The summed E-state index contributed by atoms with van der Waals surface area (Å²) in [4.78, 5) is 13.5. The van der Waals surface area contributed by atoms with Gasteiger partial charge in [0.1, 0.15) is 0 Å². The summed E-state index contributed by atoms with van der Waals surface area (Å²) >= 11 is 3.17. The van der Waals surface area contributed by atoms with Gasteiger partial charge in [-0.3, -0.25) is 4.79 Å². The lowest BCUT2D eigenvalue weighted by molar-refractivity contribution is 1.21. The second-order valence-corrected chi connectivity index (χ2v) is 2.84. The number of aromatic nitrogens is 1. The van der Waals surface area contributed by atoms with Crippen molar-refractivity contribution in [2.75, 3.05) is 0 Å². The van der Waals surface area contributed by atoms with E-state index in [0.717, 1.165) is 4.47 Å². The number of rotatable bonds is 0. The predicted molar refractivity (Wildman–Crippen MR) is 47.3 cm³/mol. The van der Waals surface area contributed by atoms with E-state index in [1.54, 1.807) is 12.1 Å². The van der Waals surface area contributed by atoms with Crippen LogP contribution in [0.25, 0.3) is 0 Å². The maximum atomic E-state index is 11.0. The largest absolute Gasteiger partial charge is 0.327 e. The molecule has 0 spiro atoms. The van der Waals surface area contributed by atoms with Crippen molar-refractivity contribution < 1.29 is 0 Å². The Labute approximate surface area is 77.2 Å². The number of hydrogen-bond acceptors (Lipinski definition) is 2. The van der Waals surface area contributed by atoms with E-state index < -0.39 is 0 Å². The summed E-state index contributed by atoms with van der Waals surface area (Å²) < 4.78 is 0.726. The summed E-state index contributed by atoms with van der Waals surface area (Å²) in [6.07, 6.45) is 1.51. The van der Waals surface area contributed by atoms with Crippen LogP contribution < -0.4 is 5.56 Å². The topological polar surface area (TPSA) is 56.6 Å². The third kappa shape index (κ3) is 1.98. The molecule has 0 unspecified atom stereocenters. The van der Waals surface area contributed by atoms with Crippen LogP contribution in [0.5, 0.6) is 0 Å². The highest BCUT2D eigenvalue weighted by molar-refractivity contribution is 9.10. The molecule has 1 rings (SSSR count). The number of halogens is 1. The van der Waals surface area contributed by atoms with Gasteiger partial charge in [-0.2, -0.15) is 5.26 Å². The quantitative estimate of drug-likeness (QED) is 0.667. The SMILES string of the molecule is N#CC#Cc1cc(Br)c[nH]c1=O. The molecule has 0 aliphatic heterocycles. The molecule has 4 heteroatoms. The summed E-state index contributed by atoms with van der Waals surface area (Å²) in [6, 6.07) is 3.19. The number of H-pyrrole nitrogens is 1. The molecule has 0 saturated heterocycles. The Morgan fingerprint density at radius 2 is 2.33 bits per heavy atom. The molecule has 0 radical (unpaired) electrons. The first kappa shape index (κ1) is 8.58. The van der Waals surface area contributed by atoms with Crippen LogP contribution in [-0.2, 0) is 0 Å². The molecular weight excluding hydrogens is 220 g/mol. The lowest BCUT2D eigenvalue weighted by atomic mass is 10.3. The van der Waals surface area contributed by atoms with Crippen LogP contribution in [0.1, 0.15) is 5.56 Å². The highest BCUT2D eigenvalue weighted by atomic mass is 79.9. The maximum absolute atomic E-state index is 11.0. The Morgan fingerprint density at radius 3 is 3.00 bits per heavy atom. The molecule has 3 nitrogen and oxygen atoms in total. The van der Waals surface area contributed by atoms with E-state index in [9.17, 15) is 4.79 Å². The zero-order chi connectivity index (χ0) is 8.97. The zero-order valence-corrected chi connectivity index (χ0v) is 7.47. The molecule has 0 atom stereocenters. The minimum Gasteiger partial charge on any atom is -0.327 e. The Bertz CT molecular complexity index is 445. The van der Waals surface area contributed by atoms with Gasteiger partial charge in [0.2, 0.25) is 0 Å². The Kier molecular flexibility index (Phi) is 2.68. The number of pyridine rings is 1. The molecule has 12 heavy (non-hydrogen) atoms. The van der Waals surface area contributed by atoms with E-state index >= 15 is 0 Å². The maximum Gasteiger partial charge on any atom is 0.263 e. The van der Waals surface area contributed by atoms with Crippen molar-refractivity contribution in [2.45, 2.75) is 0 Å². The summed E-state index contributed by atoms with van der Waals surface area (Å²) in [5.74, 6) is 4.57. The van der Waals surface area contributed by atoms with Gasteiger partial charge in [-0.1, -0.05) is 0 Å².